The smallest absolute Gasteiger partial charge is 0.347 e. The maximum Gasteiger partial charge on any atom is 0.347 e. The average Bonchev–Trinajstić information content (AvgIpc) is 2.90. The van der Waals surface area contributed by atoms with Gasteiger partial charge >= 0.3 is 11.9 Å². The molecule has 0 heterocycles. The first kappa shape index (κ1) is 28.9. The summed E-state index contributed by atoms with van der Waals surface area (Å²) in [6.07, 6.45) is 5.51. The minimum Gasteiger partial charge on any atom is -0.507 e. The number of unbranched alkanes of at least 4 members (excludes halogenated alkanes) is 1. The molecule has 3 aromatic rings. The molecule has 6 heteroatoms. The number of benzene rings is 3. The number of carboxylic acids is 2. The summed E-state index contributed by atoms with van der Waals surface area (Å²) in [5.41, 5.74) is 2.93. The highest BCUT2D eigenvalue weighted by Gasteiger charge is 2.21. The predicted octanol–water partition coefficient (Wildman–Crippen LogP) is 6.95. The molecule has 0 spiro atoms. The Morgan fingerprint density at radius 3 is 1.97 bits per heavy atom. The summed E-state index contributed by atoms with van der Waals surface area (Å²) in [4.78, 5) is 22.0. The van der Waals surface area contributed by atoms with Gasteiger partial charge in [-0.1, -0.05) is 106 Å². The highest BCUT2D eigenvalue weighted by molar-refractivity contribution is 6.04. The van der Waals surface area contributed by atoms with Crippen molar-refractivity contribution < 1.29 is 24.9 Å². The molecule has 0 amide bonds. The molecule has 0 radical (unpaired) electrons. The van der Waals surface area contributed by atoms with Gasteiger partial charge in [0.25, 0.3) is 0 Å². The van der Waals surface area contributed by atoms with Crippen LogP contribution in [0.1, 0.15) is 66.6 Å². The summed E-state index contributed by atoms with van der Waals surface area (Å²) in [7, 11) is 0. The van der Waals surface area contributed by atoms with Crippen molar-refractivity contribution in [2.75, 3.05) is 0 Å². The second-order valence-corrected chi connectivity index (χ2v) is 8.63. The number of nitrogens with zero attached hydrogens (tertiary/aromatic N) is 1. The molecule has 37 heavy (non-hydrogen) atoms. The summed E-state index contributed by atoms with van der Waals surface area (Å²) in [5.74, 6) is -1.95. The lowest BCUT2D eigenvalue weighted by atomic mass is 9.85. The van der Waals surface area contributed by atoms with E-state index in [1.165, 1.54) is 25.0 Å². The highest BCUT2D eigenvalue weighted by atomic mass is 16.4. The lowest BCUT2D eigenvalue weighted by Crippen LogP contribution is -2.09. The van der Waals surface area contributed by atoms with Crippen molar-refractivity contribution in [3.05, 3.63) is 107 Å². The first-order valence-corrected chi connectivity index (χ1v) is 12.4. The van der Waals surface area contributed by atoms with Crippen molar-refractivity contribution in [1.29, 1.82) is 5.26 Å². The number of rotatable bonds is 10. The van der Waals surface area contributed by atoms with E-state index in [1.54, 1.807) is 12.1 Å². The minimum absolute atomic E-state index is 0.0671. The molecule has 0 saturated carbocycles. The molecular formula is C31H33NO5. The fourth-order valence-electron chi connectivity index (χ4n) is 4.10. The lowest BCUT2D eigenvalue weighted by molar-refractivity contribution is -0.132. The average molecular weight is 500 g/mol. The maximum absolute atomic E-state index is 11.8. The molecule has 0 aromatic heterocycles. The van der Waals surface area contributed by atoms with E-state index in [1.807, 2.05) is 54.6 Å². The van der Waals surface area contributed by atoms with E-state index < -0.39 is 11.9 Å². The fourth-order valence-corrected chi connectivity index (χ4v) is 4.10. The Labute approximate surface area is 218 Å². The minimum atomic E-state index is -1.19. The van der Waals surface area contributed by atoms with Crippen molar-refractivity contribution in [2.24, 2.45) is 5.92 Å². The van der Waals surface area contributed by atoms with E-state index in [9.17, 15) is 20.0 Å². The van der Waals surface area contributed by atoms with Gasteiger partial charge in [-0.2, -0.15) is 5.26 Å². The summed E-state index contributed by atoms with van der Waals surface area (Å²) in [6, 6.07) is 25.0. The van der Waals surface area contributed by atoms with Crippen LogP contribution < -0.4 is 0 Å². The van der Waals surface area contributed by atoms with Crippen LogP contribution in [0.2, 0.25) is 0 Å². The number of carbonyl (C=O) groups is 2. The Hall–Kier alpha value is -4.37. The molecule has 0 bridgehead atoms. The number of aromatic carboxylic acids is 1. The molecule has 1 atom stereocenters. The molecule has 192 valence electrons. The van der Waals surface area contributed by atoms with Gasteiger partial charge < -0.3 is 15.3 Å². The number of para-hydroxylation sites is 1. The largest absolute Gasteiger partial charge is 0.507 e. The number of nitriles is 1. The molecule has 0 fully saturated rings. The Bertz CT molecular complexity index is 1260. The molecule has 0 aliphatic heterocycles. The lowest BCUT2D eigenvalue weighted by Gasteiger charge is -2.19. The first-order valence-electron chi connectivity index (χ1n) is 12.4. The van der Waals surface area contributed by atoms with Gasteiger partial charge in [-0.15, -0.1) is 0 Å². The zero-order valence-corrected chi connectivity index (χ0v) is 21.2. The van der Waals surface area contributed by atoms with E-state index in [2.05, 4.69) is 19.9 Å². The van der Waals surface area contributed by atoms with E-state index >= 15 is 0 Å². The zero-order valence-electron chi connectivity index (χ0n) is 21.2. The molecule has 0 aliphatic rings. The van der Waals surface area contributed by atoms with Crippen LogP contribution in [0, 0.1) is 17.2 Å². The number of aromatic hydroxyl groups is 1. The van der Waals surface area contributed by atoms with Crippen LogP contribution in [0.25, 0.3) is 5.57 Å². The fraction of sp³-hybridized carbons (Fsp3) is 0.258. The first-order chi connectivity index (χ1) is 17.8. The molecule has 3 N–H and O–H groups in total. The van der Waals surface area contributed by atoms with Gasteiger partial charge in [0.05, 0.1) is 0 Å². The van der Waals surface area contributed by atoms with Crippen molar-refractivity contribution >= 4 is 17.5 Å². The highest BCUT2D eigenvalue weighted by Crippen LogP contribution is 2.32. The van der Waals surface area contributed by atoms with Gasteiger partial charge in [-0.25, -0.2) is 9.59 Å². The third-order valence-electron chi connectivity index (χ3n) is 6.11. The van der Waals surface area contributed by atoms with Gasteiger partial charge in [0, 0.05) is 5.57 Å². The van der Waals surface area contributed by atoms with Crippen molar-refractivity contribution in [3.63, 3.8) is 0 Å². The Balaban J connectivity index is 0.000000402. The van der Waals surface area contributed by atoms with Gasteiger partial charge in [0.2, 0.25) is 0 Å². The number of hydrogen-bond donors (Lipinski definition) is 3. The molecule has 1 unspecified atom stereocenters. The standard InChI is InChI=1S/C24H27NO2.C7H6O3/c1-3-5-11-18(4-2)16-20-14-9-10-15-21(20)23(22(17-25)24(26)27)19-12-7-6-8-13-19;8-6-4-2-1-3-5(6)7(9)10/h6-10,12-15,18H,3-5,11,16H2,1-2H3,(H,26,27);1-4,8H,(H,9,10). The maximum atomic E-state index is 11.8. The third-order valence-corrected chi connectivity index (χ3v) is 6.11. The van der Waals surface area contributed by atoms with Crippen LogP contribution in [0.5, 0.6) is 5.75 Å². The molecule has 0 saturated heterocycles. The molecule has 6 nitrogen and oxygen atoms in total. The normalized spacial score (nSPS) is 11.8. The number of aliphatic carboxylic acids is 1. The zero-order chi connectivity index (χ0) is 27.2. The van der Waals surface area contributed by atoms with Gasteiger partial charge in [0.15, 0.2) is 0 Å². The van der Waals surface area contributed by atoms with E-state index in [0.29, 0.717) is 11.5 Å². The van der Waals surface area contributed by atoms with Crippen LogP contribution in [-0.4, -0.2) is 27.3 Å². The van der Waals surface area contributed by atoms with E-state index in [-0.39, 0.29) is 16.9 Å². The number of phenols is 1. The number of carboxylic acid groups (broad SMARTS) is 2. The van der Waals surface area contributed by atoms with Crippen molar-refractivity contribution in [2.45, 2.75) is 46.0 Å². The molecule has 3 aromatic carbocycles. The van der Waals surface area contributed by atoms with Crippen LogP contribution in [0.3, 0.4) is 0 Å². The van der Waals surface area contributed by atoms with E-state index in [4.69, 9.17) is 10.2 Å². The quantitative estimate of drug-likeness (QED) is 0.205. The Morgan fingerprint density at radius 1 is 0.865 bits per heavy atom. The molecule has 0 aliphatic carbocycles. The van der Waals surface area contributed by atoms with Gasteiger partial charge in [-0.3, -0.25) is 0 Å². The predicted molar refractivity (Wildman–Crippen MR) is 144 cm³/mol. The summed E-state index contributed by atoms with van der Waals surface area (Å²) in [5, 5.41) is 36.5. The van der Waals surface area contributed by atoms with Crippen molar-refractivity contribution in [3.8, 4) is 11.8 Å². The number of hydrogen-bond acceptors (Lipinski definition) is 4. The topological polar surface area (TPSA) is 119 Å². The van der Waals surface area contributed by atoms with Crippen LogP contribution in [0.15, 0.2) is 84.4 Å². The van der Waals surface area contributed by atoms with Crippen LogP contribution in [0.4, 0.5) is 0 Å². The van der Waals surface area contributed by atoms with Crippen LogP contribution in [-0.2, 0) is 11.2 Å². The van der Waals surface area contributed by atoms with E-state index in [0.717, 1.165) is 36.0 Å². The summed E-state index contributed by atoms with van der Waals surface area (Å²) in [6.45, 7) is 4.40. The van der Waals surface area contributed by atoms with Gasteiger partial charge in [-0.05, 0) is 41.2 Å². The summed E-state index contributed by atoms with van der Waals surface area (Å²) >= 11 is 0. The SMILES string of the molecule is CCCCC(CC)Cc1ccccc1C(=C(C#N)C(=O)O)c1ccccc1.O=C(O)c1ccccc1O. The second-order valence-electron chi connectivity index (χ2n) is 8.63. The molecule has 3 rings (SSSR count). The second kappa shape index (κ2) is 14.9. The summed E-state index contributed by atoms with van der Waals surface area (Å²) < 4.78 is 0. The Kier molecular flexibility index (Phi) is 11.6. The van der Waals surface area contributed by atoms with Gasteiger partial charge in [0.1, 0.15) is 23.0 Å². The molecular weight excluding hydrogens is 466 g/mol. The Morgan fingerprint density at radius 2 is 1.46 bits per heavy atom. The third kappa shape index (κ3) is 8.36. The monoisotopic (exact) mass is 499 g/mol. The van der Waals surface area contributed by atoms with Crippen LogP contribution >= 0.6 is 0 Å². The van der Waals surface area contributed by atoms with Crippen molar-refractivity contribution in [1.82, 2.24) is 0 Å².